The van der Waals surface area contributed by atoms with Gasteiger partial charge in [-0.05, 0) is 56.4 Å². The molecule has 28 heavy (non-hydrogen) atoms. The van der Waals surface area contributed by atoms with Gasteiger partial charge >= 0.3 is 0 Å². The highest BCUT2D eigenvalue weighted by Crippen LogP contribution is 2.36. The highest BCUT2D eigenvalue weighted by atomic mass is 35.5. The summed E-state index contributed by atoms with van der Waals surface area (Å²) < 4.78 is 8.06. The zero-order valence-electron chi connectivity index (χ0n) is 16.2. The van der Waals surface area contributed by atoms with Crippen LogP contribution in [0.3, 0.4) is 0 Å². The van der Waals surface area contributed by atoms with Crippen LogP contribution >= 0.6 is 23.2 Å². The quantitative estimate of drug-likeness (QED) is 0.345. The molecular formula is C23H22Cl2N2O. The molecule has 0 aliphatic carbocycles. The summed E-state index contributed by atoms with van der Waals surface area (Å²) in [6, 6.07) is 16.1. The summed E-state index contributed by atoms with van der Waals surface area (Å²) in [6.07, 6.45) is 1.94. The molecule has 0 bridgehead atoms. The Labute approximate surface area is 174 Å². The Hall–Kier alpha value is -2.23. The minimum Gasteiger partial charge on any atom is -0.441 e. The van der Waals surface area contributed by atoms with Gasteiger partial charge in [-0.25, -0.2) is 0 Å². The lowest BCUT2D eigenvalue weighted by atomic mass is 9.90. The molecule has 0 N–H and O–H groups in total. The average molecular weight is 413 g/mol. The topological polar surface area (TPSA) is 30.4 Å². The molecule has 3 nitrogen and oxygen atoms in total. The highest BCUT2D eigenvalue weighted by molar-refractivity contribution is 6.36. The summed E-state index contributed by atoms with van der Waals surface area (Å²) in [5.74, 6) is 1.21. The van der Waals surface area contributed by atoms with E-state index < -0.39 is 0 Å². The van der Waals surface area contributed by atoms with Gasteiger partial charge in [0.15, 0.2) is 0 Å². The maximum absolute atomic E-state index is 6.46. The number of aromatic nitrogens is 2. The van der Waals surface area contributed by atoms with E-state index in [4.69, 9.17) is 32.7 Å². The third-order valence-electron chi connectivity index (χ3n) is 5.33. The van der Waals surface area contributed by atoms with Crippen LogP contribution in [0.1, 0.15) is 41.8 Å². The summed E-state index contributed by atoms with van der Waals surface area (Å²) in [7, 11) is 0. The number of hydrogen-bond donors (Lipinski definition) is 0. The van der Waals surface area contributed by atoms with E-state index in [-0.39, 0.29) is 0 Å². The average Bonchev–Trinajstić information content (AvgIpc) is 3.14. The van der Waals surface area contributed by atoms with Gasteiger partial charge in [0.2, 0.25) is 5.71 Å². The van der Waals surface area contributed by atoms with Crippen molar-refractivity contribution in [1.29, 1.82) is 0 Å². The standard InChI is InChI=1S/C23H22Cl2N2O/c1-4-16(17-8-6-5-7-9-17)12-20-14(2)26-27-22(15(3)28-23(20)27)19-11-10-18(24)13-21(19)25/h5-11,13,16H,4,12H2,1-3H3. The maximum Gasteiger partial charge on any atom is 0.225 e. The first-order valence-electron chi connectivity index (χ1n) is 9.47. The molecule has 1 atom stereocenters. The molecule has 144 valence electrons. The fourth-order valence-corrected chi connectivity index (χ4v) is 4.32. The normalized spacial score (nSPS) is 12.6. The van der Waals surface area contributed by atoms with Crippen molar-refractivity contribution in [2.75, 3.05) is 0 Å². The molecule has 1 unspecified atom stereocenters. The molecule has 0 radical (unpaired) electrons. The predicted molar refractivity (Wildman–Crippen MR) is 116 cm³/mol. The van der Waals surface area contributed by atoms with Crippen molar-refractivity contribution in [3.05, 3.63) is 81.2 Å². The SMILES string of the molecule is CCC(Cc1c(C)nn2c(-c3ccc(Cl)cc3Cl)c(C)oc12)c1ccccc1. The van der Waals surface area contributed by atoms with Crippen molar-refractivity contribution in [3.63, 3.8) is 0 Å². The second-order valence-corrected chi connectivity index (χ2v) is 7.98. The Morgan fingerprint density at radius 2 is 1.82 bits per heavy atom. The third-order valence-corrected chi connectivity index (χ3v) is 5.88. The first-order valence-corrected chi connectivity index (χ1v) is 10.2. The molecule has 2 aromatic heterocycles. The second kappa shape index (κ2) is 7.65. The van der Waals surface area contributed by atoms with E-state index in [1.165, 1.54) is 5.56 Å². The van der Waals surface area contributed by atoms with Crippen LogP contribution in [0.15, 0.2) is 52.9 Å². The lowest BCUT2D eigenvalue weighted by Crippen LogP contribution is -2.02. The van der Waals surface area contributed by atoms with Gasteiger partial charge in [0.05, 0.1) is 10.7 Å². The van der Waals surface area contributed by atoms with Gasteiger partial charge in [0.25, 0.3) is 0 Å². The zero-order valence-corrected chi connectivity index (χ0v) is 17.7. The van der Waals surface area contributed by atoms with Crippen molar-refractivity contribution in [3.8, 4) is 11.3 Å². The summed E-state index contributed by atoms with van der Waals surface area (Å²) in [4.78, 5) is 0. The molecule has 0 amide bonds. The molecule has 0 spiro atoms. The molecule has 0 aliphatic rings. The Kier molecular flexibility index (Phi) is 5.22. The van der Waals surface area contributed by atoms with Crippen LogP contribution < -0.4 is 0 Å². The first-order chi connectivity index (χ1) is 13.5. The summed E-state index contributed by atoms with van der Waals surface area (Å²) in [6.45, 7) is 6.21. The van der Waals surface area contributed by atoms with E-state index in [2.05, 4.69) is 37.3 Å². The van der Waals surface area contributed by atoms with Crippen molar-refractivity contribution in [1.82, 2.24) is 9.61 Å². The van der Waals surface area contributed by atoms with E-state index in [9.17, 15) is 0 Å². The minimum atomic E-state index is 0.417. The molecule has 4 aromatic rings. The molecule has 4 rings (SSSR count). The van der Waals surface area contributed by atoms with Crippen LogP contribution in [0.25, 0.3) is 17.0 Å². The Bertz CT molecular complexity index is 1130. The predicted octanol–water partition coefficient (Wildman–Crippen LogP) is 7.25. The molecule has 0 fully saturated rings. The lowest BCUT2D eigenvalue weighted by Gasteiger charge is -2.14. The van der Waals surface area contributed by atoms with E-state index in [0.29, 0.717) is 16.0 Å². The lowest BCUT2D eigenvalue weighted by molar-refractivity contribution is 0.563. The zero-order chi connectivity index (χ0) is 19.8. The van der Waals surface area contributed by atoms with Gasteiger partial charge in [0.1, 0.15) is 11.5 Å². The van der Waals surface area contributed by atoms with Crippen LogP contribution in [0.4, 0.5) is 0 Å². The van der Waals surface area contributed by atoms with Gasteiger partial charge in [0, 0.05) is 16.1 Å². The van der Waals surface area contributed by atoms with E-state index in [1.807, 2.05) is 30.5 Å². The number of aryl methyl sites for hydroxylation is 2. The number of benzene rings is 2. The van der Waals surface area contributed by atoms with Crippen LogP contribution in [-0.2, 0) is 6.42 Å². The van der Waals surface area contributed by atoms with Crippen LogP contribution in [-0.4, -0.2) is 9.61 Å². The van der Waals surface area contributed by atoms with Crippen LogP contribution in [0.2, 0.25) is 10.0 Å². The van der Waals surface area contributed by atoms with Gasteiger partial charge in [-0.2, -0.15) is 9.61 Å². The van der Waals surface area contributed by atoms with Gasteiger partial charge in [-0.3, -0.25) is 0 Å². The van der Waals surface area contributed by atoms with Crippen molar-refractivity contribution in [2.24, 2.45) is 0 Å². The molecule has 0 aliphatic heterocycles. The van der Waals surface area contributed by atoms with Crippen molar-refractivity contribution >= 4 is 28.9 Å². The molecule has 0 saturated heterocycles. The van der Waals surface area contributed by atoms with Gasteiger partial charge in [-0.15, -0.1) is 0 Å². The third kappa shape index (κ3) is 3.34. The maximum atomic E-state index is 6.46. The number of oxazole rings is 1. The monoisotopic (exact) mass is 412 g/mol. The van der Waals surface area contributed by atoms with Gasteiger partial charge in [-0.1, -0.05) is 60.5 Å². The summed E-state index contributed by atoms with van der Waals surface area (Å²) in [5.41, 5.74) is 6.01. The smallest absolute Gasteiger partial charge is 0.225 e. The Morgan fingerprint density at radius 1 is 1.07 bits per heavy atom. The number of rotatable bonds is 5. The van der Waals surface area contributed by atoms with Crippen molar-refractivity contribution < 1.29 is 4.42 Å². The molecule has 5 heteroatoms. The molecule has 0 saturated carbocycles. The Balaban J connectivity index is 1.80. The Morgan fingerprint density at radius 3 is 2.50 bits per heavy atom. The fourth-order valence-electron chi connectivity index (χ4n) is 3.83. The summed E-state index contributed by atoms with van der Waals surface area (Å²) >= 11 is 12.5. The van der Waals surface area contributed by atoms with Crippen molar-refractivity contribution in [2.45, 2.75) is 39.5 Å². The largest absolute Gasteiger partial charge is 0.441 e. The second-order valence-electron chi connectivity index (χ2n) is 7.13. The fraction of sp³-hybridized carbons (Fsp3) is 0.261. The number of hydrogen-bond acceptors (Lipinski definition) is 2. The first kappa shape index (κ1) is 19.1. The van der Waals surface area contributed by atoms with Gasteiger partial charge < -0.3 is 4.42 Å². The highest BCUT2D eigenvalue weighted by Gasteiger charge is 2.23. The van der Waals surface area contributed by atoms with E-state index in [0.717, 1.165) is 46.8 Å². The van der Waals surface area contributed by atoms with E-state index in [1.54, 1.807) is 6.07 Å². The number of halogens is 2. The molecular weight excluding hydrogens is 391 g/mol. The molecule has 2 heterocycles. The molecule has 2 aromatic carbocycles. The van der Waals surface area contributed by atoms with Crippen LogP contribution in [0.5, 0.6) is 0 Å². The van der Waals surface area contributed by atoms with E-state index >= 15 is 0 Å². The number of fused-ring (bicyclic) bond motifs is 1. The summed E-state index contributed by atoms with van der Waals surface area (Å²) in [5, 5.41) is 5.98. The van der Waals surface area contributed by atoms with Crippen LogP contribution in [0, 0.1) is 13.8 Å². The minimum absolute atomic E-state index is 0.417. The number of nitrogens with zero attached hydrogens (tertiary/aromatic N) is 2.